The van der Waals surface area contributed by atoms with E-state index in [2.05, 4.69) is 83.0 Å². The summed E-state index contributed by atoms with van der Waals surface area (Å²) in [5, 5.41) is 9.19. The summed E-state index contributed by atoms with van der Waals surface area (Å²) < 4.78 is 38.2. The normalized spacial score (nSPS) is 20.7. The third-order valence-corrected chi connectivity index (χ3v) is 14.8. The number of rotatable bonds is 6. The van der Waals surface area contributed by atoms with E-state index in [4.69, 9.17) is 53.0 Å². The summed E-state index contributed by atoms with van der Waals surface area (Å²) in [5.74, 6) is 0.879. The lowest BCUT2D eigenvalue weighted by Gasteiger charge is -2.35. The van der Waals surface area contributed by atoms with E-state index in [1.807, 2.05) is 68.7 Å². The molecule has 2 N–H and O–H groups in total. The highest BCUT2D eigenvalue weighted by Gasteiger charge is 2.33. The minimum Gasteiger partial charge on any atom is -0.313 e. The molecule has 66 heavy (non-hydrogen) atoms. The second-order valence-electron chi connectivity index (χ2n) is 17.2. The summed E-state index contributed by atoms with van der Waals surface area (Å²) in [4.78, 5) is 5.76. The van der Waals surface area contributed by atoms with Gasteiger partial charge in [0.15, 0.2) is 5.69 Å². The third-order valence-electron chi connectivity index (χ3n) is 13.3. The fourth-order valence-corrected chi connectivity index (χ4v) is 10.6. The van der Waals surface area contributed by atoms with Crippen LogP contribution in [0.3, 0.4) is 0 Å². The van der Waals surface area contributed by atoms with Crippen molar-refractivity contribution in [3.05, 3.63) is 215 Å². The van der Waals surface area contributed by atoms with Crippen LogP contribution in [0.25, 0.3) is 4.85 Å². The summed E-state index contributed by atoms with van der Waals surface area (Å²) >= 11 is 24.4. The van der Waals surface area contributed by atoms with Gasteiger partial charge in [-0.05, 0) is 153 Å². The molecule has 0 aliphatic heterocycles. The zero-order valence-electron chi connectivity index (χ0n) is 37.3. The molecular weight excluding hydrogens is 939 g/mol. The molecule has 6 atom stereocenters. The highest BCUT2D eigenvalue weighted by atomic mass is 35.5. The standard InChI is InChI=1S/C19H20F3N.C18H16Cl2N2.C17H17Cl2N.ClH/c1-23(2)18-12-11-15(16-5-3-4-6-17(16)18)13-7-9-14(10-8-13)19(20,21)22;1-21-12-4-5-14-13(6-8-18(22-2)15(14)10-12)11-3-7-16(19)17(20)9-11;1-20-17-9-7-12(13-4-2-3-5-14(13)17)11-6-8-15(18)16(19)10-11;/h3-10,15,18H,11-12H2,1-2H3;3-5,7,9-10,13,18,22H,6,8H2,2H3;2-6,8,10,12,17,20H,7,9H2,1H3;1H/t;13-,18-;12-,17-;/m.00./s1. The monoisotopic (exact) mass is 990 g/mol. The Morgan fingerprint density at radius 2 is 0.955 bits per heavy atom. The largest absolute Gasteiger partial charge is 0.416 e. The molecule has 0 aromatic heterocycles. The van der Waals surface area contributed by atoms with E-state index >= 15 is 0 Å². The first-order valence-electron chi connectivity index (χ1n) is 22.0. The Kier molecular flexibility index (Phi) is 17.7. The molecule has 0 radical (unpaired) electrons. The molecule has 6 aromatic rings. The Hall–Kier alpha value is -4.07. The van der Waals surface area contributed by atoms with Crippen LogP contribution in [0, 0.1) is 6.57 Å². The van der Waals surface area contributed by atoms with E-state index in [1.165, 1.54) is 56.6 Å². The van der Waals surface area contributed by atoms with Crippen LogP contribution in [0.4, 0.5) is 18.9 Å². The molecule has 3 aliphatic rings. The van der Waals surface area contributed by atoms with Crippen molar-refractivity contribution in [2.24, 2.45) is 0 Å². The smallest absolute Gasteiger partial charge is 0.313 e. The first-order chi connectivity index (χ1) is 31.2. The Bertz CT molecular complexity index is 2630. The number of benzene rings is 6. The highest BCUT2D eigenvalue weighted by Crippen LogP contribution is 2.46. The topological polar surface area (TPSA) is 31.7 Å². The average Bonchev–Trinajstić information content (AvgIpc) is 3.32. The zero-order chi connectivity index (χ0) is 46.4. The van der Waals surface area contributed by atoms with Crippen molar-refractivity contribution in [1.29, 1.82) is 0 Å². The van der Waals surface area contributed by atoms with Crippen LogP contribution in [0.2, 0.25) is 20.1 Å². The lowest BCUT2D eigenvalue weighted by atomic mass is 9.76. The SMILES string of the molecule is CN(C)C1CCC(c2ccc(C(F)(F)F)cc2)c2ccccc21.CN[C@H]1CC[C@@H](c2ccc(Cl)c(Cl)c2)c2ccccc21.Cl.[C-]#[N+]c1ccc2c(c1)[C@@H](NC)CC[C@H]2c1ccc(Cl)c(Cl)c1. The van der Waals surface area contributed by atoms with Crippen LogP contribution >= 0.6 is 58.8 Å². The number of fused-ring (bicyclic) bond motifs is 3. The van der Waals surface area contributed by atoms with Gasteiger partial charge < -0.3 is 15.5 Å². The van der Waals surface area contributed by atoms with Gasteiger partial charge in [0.1, 0.15) is 0 Å². The van der Waals surface area contributed by atoms with Crippen molar-refractivity contribution in [3.63, 3.8) is 0 Å². The molecule has 12 heteroatoms. The minimum absolute atomic E-state index is 0. The van der Waals surface area contributed by atoms with Gasteiger partial charge in [-0.15, -0.1) is 12.4 Å². The van der Waals surface area contributed by atoms with E-state index in [0.717, 1.165) is 44.1 Å². The van der Waals surface area contributed by atoms with Gasteiger partial charge in [-0.2, -0.15) is 13.2 Å². The van der Waals surface area contributed by atoms with E-state index < -0.39 is 11.7 Å². The van der Waals surface area contributed by atoms with Gasteiger partial charge in [0.05, 0.1) is 32.2 Å². The van der Waals surface area contributed by atoms with Gasteiger partial charge in [0, 0.05) is 35.9 Å². The van der Waals surface area contributed by atoms with E-state index in [1.54, 1.807) is 12.1 Å². The fraction of sp³-hybridized carbons (Fsp3) is 0.315. The van der Waals surface area contributed by atoms with Gasteiger partial charge in [0.2, 0.25) is 0 Å². The summed E-state index contributed by atoms with van der Waals surface area (Å²) in [5.41, 5.74) is 11.3. The predicted molar refractivity (Wildman–Crippen MR) is 270 cm³/mol. The Morgan fingerprint density at radius 3 is 1.44 bits per heavy atom. The van der Waals surface area contributed by atoms with Crippen LogP contribution in [0.1, 0.15) is 130 Å². The van der Waals surface area contributed by atoms with Gasteiger partial charge in [0.25, 0.3) is 0 Å². The second-order valence-corrected chi connectivity index (χ2v) is 18.8. The van der Waals surface area contributed by atoms with Crippen LogP contribution in [-0.4, -0.2) is 33.1 Å². The van der Waals surface area contributed by atoms with Crippen molar-refractivity contribution >= 4 is 64.5 Å². The first-order valence-corrected chi connectivity index (χ1v) is 23.5. The van der Waals surface area contributed by atoms with Crippen LogP contribution < -0.4 is 10.6 Å². The number of hydrogen-bond acceptors (Lipinski definition) is 3. The van der Waals surface area contributed by atoms with Crippen molar-refractivity contribution in [2.45, 2.75) is 80.6 Å². The van der Waals surface area contributed by atoms with Crippen LogP contribution in [0.5, 0.6) is 0 Å². The van der Waals surface area contributed by atoms with Gasteiger partial charge in [-0.25, -0.2) is 4.85 Å². The molecule has 4 nitrogen and oxygen atoms in total. The van der Waals surface area contributed by atoms with Gasteiger partial charge in [-0.1, -0.05) is 137 Å². The molecule has 0 saturated carbocycles. The summed E-state index contributed by atoms with van der Waals surface area (Å²) in [7, 11) is 8.14. The van der Waals surface area contributed by atoms with Crippen LogP contribution in [0.15, 0.2) is 127 Å². The van der Waals surface area contributed by atoms with E-state index in [0.29, 0.717) is 55.7 Å². The molecule has 2 unspecified atom stereocenters. The molecule has 0 spiro atoms. The maximum absolute atomic E-state index is 12.7. The van der Waals surface area contributed by atoms with E-state index in [-0.39, 0.29) is 18.3 Å². The molecule has 0 saturated heterocycles. The number of alkyl halides is 3. The lowest BCUT2D eigenvalue weighted by molar-refractivity contribution is -0.137. The summed E-state index contributed by atoms with van der Waals surface area (Å²) in [6.07, 6.45) is 2.03. The number of nitrogens with zero attached hydrogens (tertiary/aromatic N) is 2. The molecule has 346 valence electrons. The first kappa shape index (κ1) is 51.3. The molecule has 6 aromatic carbocycles. The van der Waals surface area contributed by atoms with Gasteiger partial charge >= 0.3 is 6.18 Å². The number of hydrogen-bond donors (Lipinski definition) is 2. The Labute approximate surface area is 414 Å². The highest BCUT2D eigenvalue weighted by molar-refractivity contribution is 6.42. The minimum atomic E-state index is -4.28. The molecule has 3 aliphatic carbocycles. The Balaban J connectivity index is 0.000000163. The van der Waals surface area contributed by atoms with Crippen molar-refractivity contribution in [3.8, 4) is 0 Å². The quantitative estimate of drug-likeness (QED) is 0.163. The zero-order valence-corrected chi connectivity index (χ0v) is 41.1. The predicted octanol–water partition coefficient (Wildman–Crippen LogP) is 16.6. The van der Waals surface area contributed by atoms with Crippen molar-refractivity contribution in [1.82, 2.24) is 15.5 Å². The van der Waals surface area contributed by atoms with Crippen molar-refractivity contribution < 1.29 is 13.2 Å². The van der Waals surface area contributed by atoms with Crippen molar-refractivity contribution in [2.75, 3.05) is 28.2 Å². The number of halogens is 8. The number of nitrogens with one attached hydrogen (secondary N) is 2. The molecule has 0 fully saturated rings. The molecular formula is C54H54Cl5F3N4. The maximum atomic E-state index is 12.7. The van der Waals surface area contributed by atoms with Crippen LogP contribution in [-0.2, 0) is 6.18 Å². The van der Waals surface area contributed by atoms with Gasteiger partial charge in [-0.3, -0.25) is 0 Å². The molecule has 0 bridgehead atoms. The molecule has 9 rings (SSSR count). The fourth-order valence-electron chi connectivity index (χ4n) is 9.99. The summed E-state index contributed by atoms with van der Waals surface area (Å²) in [6, 6.07) is 41.6. The third kappa shape index (κ3) is 11.6. The molecule has 0 heterocycles. The molecule has 0 amide bonds. The Morgan fingerprint density at radius 1 is 0.515 bits per heavy atom. The lowest BCUT2D eigenvalue weighted by Crippen LogP contribution is -2.26. The van der Waals surface area contributed by atoms with E-state index in [9.17, 15) is 13.2 Å². The average molecular weight is 993 g/mol. The maximum Gasteiger partial charge on any atom is 0.416 e. The summed E-state index contributed by atoms with van der Waals surface area (Å²) in [6.45, 7) is 7.22. The second kappa shape index (κ2) is 22.8.